The number of rotatable bonds is 17. The third-order valence-electron chi connectivity index (χ3n) is 6.69. The zero-order valence-corrected chi connectivity index (χ0v) is 20.3. The van der Waals surface area contributed by atoms with Gasteiger partial charge in [0.25, 0.3) is 5.69 Å². The van der Waals surface area contributed by atoms with Crippen LogP contribution in [0.5, 0.6) is 0 Å². The van der Waals surface area contributed by atoms with E-state index >= 15 is 0 Å². The Labute approximate surface area is 195 Å². The number of fused-ring (bicyclic) bond motifs is 1. The smallest absolute Gasteiger partial charge is 0.293 e. The van der Waals surface area contributed by atoms with Gasteiger partial charge in [-0.2, -0.15) is 0 Å². The minimum atomic E-state index is -0.363. The van der Waals surface area contributed by atoms with Gasteiger partial charge in [-0.3, -0.25) is 14.9 Å². The molecule has 0 bridgehead atoms. The Morgan fingerprint density at radius 3 is 1.94 bits per heavy atom. The molecule has 0 fully saturated rings. The van der Waals surface area contributed by atoms with E-state index in [1.54, 1.807) is 11.0 Å². The van der Waals surface area contributed by atoms with Crippen molar-refractivity contribution in [3.05, 3.63) is 33.9 Å². The van der Waals surface area contributed by atoms with Crippen LogP contribution < -0.4 is 4.90 Å². The standard InChI is InChI=1S/C27H44N2O3/c1-2-3-4-5-6-7-8-9-10-11-12-13-14-15-16-22-26(30)28-23-18-20-24-19-17-21-25(27(24)28)29(31)32/h17,19,21H,2-16,18,20,22-23H2,1H3. The van der Waals surface area contributed by atoms with Crippen LogP contribution in [-0.2, 0) is 11.2 Å². The first kappa shape index (κ1) is 26.3. The summed E-state index contributed by atoms with van der Waals surface area (Å²) in [6.07, 6.45) is 21.7. The lowest BCUT2D eigenvalue weighted by Crippen LogP contribution is -2.35. The zero-order chi connectivity index (χ0) is 23.0. The molecule has 32 heavy (non-hydrogen) atoms. The van der Waals surface area contributed by atoms with Crippen LogP contribution in [0.25, 0.3) is 0 Å². The summed E-state index contributed by atoms with van der Waals surface area (Å²) in [7, 11) is 0. The average molecular weight is 445 g/mol. The Kier molecular flexibility index (Phi) is 13.0. The molecule has 1 heterocycles. The Bertz CT molecular complexity index is 689. The number of amides is 1. The van der Waals surface area contributed by atoms with Gasteiger partial charge in [0.15, 0.2) is 0 Å². The summed E-state index contributed by atoms with van der Waals surface area (Å²) in [5.74, 6) is 0.0370. The molecule has 0 atom stereocenters. The van der Waals surface area contributed by atoms with Crippen LogP contribution in [-0.4, -0.2) is 17.4 Å². The summed E-state index contributed by atoms with van der Waals surface area (Å²) >= 11 is 0. The molecule has 5 heteroatoms. The number of aryl methyl sites for hydroxylation is 1. The number of carbonyl (C=O) groups excluding carboxylic acids is 1. The quantitative estimate of drug-likeness (QED) is 0.138. The second-order valence-electron chi connectivity index (χ2n) is 9.39. The number of para-hydroxylation sites is 1. The van der Waals surface area contributed by atoms with Gasteiger partial charge in [0.05, 0.1) is 4.92 Å². The van der Waals surface area contributed by atoms with Crippen molar-refractivity contribution in [2.75, 3.05) is 11.4 Å². The van der Waals surface area contributed by atoms with E-state index in [1.165, 1.54) is 89.5 Å². The van der Waals surface area contributed by atoms with E-state index in [1.807, 2.05) is 6.07 Å². The Morgan fingerprint density at radius 2 is 1.41 bits per heavy atom. The van der Waals surface area contributed by atoms with Crippen LogP contribution in [0, 0.1) is 10.1 Å². The van der Waals surface area contributed by atoms with E-state index in [9.17, 15) is 14.9 Å². The van der Waals surface area contributed by atoms with Gasteiger partial charge in [-0.15, -0.1) is 0 Å². The van der Waals surface area contributed by atoms with E-state index in [-0.39, 0.29) is 16.5 Å². The van der Waals surface area contributed by atoms with E-state index in [0.29, 0.717) is 18.7 Å². The molecular formula is C27H44N2O3. The molecule has 0 aliphatic carbocycles. The number of hydrogen-bond acceptors (Lipinski definition) is 3. The maximum Gasteiger partial charge on any atom is 0.293 e. The van der Waals surface area contributed by atoms with Gasteiger partial charge in [-0.05, 0) is 24.8 Å². The lowest BCUT2D eigenvalue weighted by molar-refractivity contribution is -0.384. The molecule has 5 nitrogen and oxygen atoms in total. The number of hydrogen-bond donors (Lipinski definition) is 0. The van der Waals surface area contributed by atoms with E-state index in [0.717, 1.165) is 31.2 Å². The van der Waals surface area contributed by atoms with E-state index in [2.05, 4.69) is 6.92 Å². The number of anilines is 1. The molecule has 0 spiro atoms. The highest BCUT2D eigenvalue weighted by Gasteiger charge is 2.29. The third-order valence-corrected chi connectivity index (χ3v) is 6.69. The molecule has 0 unspecified atom stereocenters. The van der Waals surface area contributed by atoms with Crippen molar-refractivity contribution in [3.8, 4) is 0 Å². The molecule has 0 radical (unpaired) electrons. The lowest BCUT2D eigenvalue weighted by Gasteiger charge is -2.29. The summed E-state index contributed by atoms with van der Waals surface area (Å²) in [6.45, 7) is 2.86. The Hall–Kier alpha value is -1.91. The maximum absolute atomic E-state index is 12.8. The van der Waals surface area contributed by atoms with Crippen molar-refractivity contribution in [2.45, 2.75) is 122 Å². The molecule has 0 N–H and O–H groups in total. The van der Waals surface area contributed by atoms with Crippen LogP contribution in [0.1, 0.15) is 122 Å². The molecule has 0 saturated carbocycles. The van der Waals surface area contributed by atoms with Crippen LogP contribution in [0.2, 0.25) is 0 Å². The maximum atomic E-state index is 12.8. The minimum Gasteiger partial charge on any atom is -0.306 e. The molecular weight excluding hydrogens is 400 g/mol. The molecule has 1 aromatic carbocycles. The summed E-state index contributed by atoms with van der Waals surface area (Å²) in [5.41, 5.74) is 1.53. The van der Waals surface area contributed by atoms with Gasteiger partial charge in [0.1, 0.15) is 5.69 Å². The fourth-order valence-electron chi connectivity index (χ4n) is 4.81. The normalized spacial score (nSPS) is 13.2. The number of nitro benzene ring substituents is 1. The summed E-state index contributed by atoms with van der Waals surface area (Å²) in [4.78, 5) is 25.5. The van der Waals surface area contributed by atoms with Gasteiger partial charge in [-0.1, -0.05) is 109 Å². The molecule has 1 aliphatic heterocycles. The molecule has 1 aliphatic rings. The van der Waals surface area contributed by atoms with Crippen LogP contribution in [0.4, 0.5) is 11.4 Å². The fraction of sp³-hybridized carbons (Fsp3) is 0.741. The summed E-state index contributed by atoms with van der Waals surface area (Å²) in [6, 6.07) is 5.15. The lowest BCUT2D eigenvalue weighted by atomic mass is 9.99. The fourth-order valence-corrected chi connectivity index (χ4v) is 4.81. The number of benzene rings is 1. The zero-order valence-electron chi connectivity index (χ0n) is 20.3. The first-order valence-corrected chi connectivity index (χ1v) is 13.2. The van der Waals surface area contributed by atoms with Gasteiger partial charge < -0.3 is 4.90 Å². The van der Waals surface area contributed by atoms with Gasteiger partial charge in [0.2, 0.25) is 5.91 Å². The SMILES string of the molecule is CCCCCCCCCCCCCCCCCC(=O)N1CCCc2cccc([N+](=O)[O-])c21. The highest BCUT2D eigenvalue weighted by molar-refractivity contribution is 5.97. The second-order valence-corrected chi connectivity index (χ2v) is 9.39. The molecule has 180 valence electrons. The van der Waals surface area contributed by atoms with Crippen molar-refractivity contribution in [1.82, 2.24) is 0 Å². The predicted octanol–water partition coefficient (Wildman–Crippen LogP) is 8.14. The average Bonchev–Trinajstić information content (AvgIpc) is 2.80. The first-order valence-electron chi connectivity index (χ1n) is 13.2. The number of nitrogens with zero attached hydrogens (tertiary/aromatic N) is 2. The monoisotopic (exact) mass is 444 g/mol. The van der Waals surface area contributed by atoms with Gasteiger partial charge in [0, 0.05) is 19.0 Å². The van der Waals surface area contributed by atoms with E-state index in [4.69, 9.17) is 0 Å². The number of nitro groups is 1. The van der Waals surface area contributed by atoms with Crippen LogP contribution >= 0.6 is 0 Å². The molecule has 0 saturated heterocycles. The minimum absolute atomic E-state index is 0.0370. The predicted molar refractivity (Wildman–Crippen MR) is 133 cm³/mol. The molecule has 0 aromatic heterocycles. The Morgan fingerprint density at radius 1 is 0.875 bits per heavy atom. The highest BCUT2D eigenvalue weighted by atomic mass is 16.6. The Balaban J connectivity index is 1.52. The van der Waals surface area contributed by atoms with Crippen molar-refractivity contribution < 1.29 is 9.72 Å². The number of carbonyl (C=O) groups is 1. The van der Waals surface area contributed by atoms with Crippen LogP contribution in [0.3, 0.4) is 0 Å². The van der Waals surface area contributed by atoms with Crippen molar-refractivity contribution >= 4 is 17.3 Å². The van der Waals surface area contributed by atoms with Crippen molar-refractivity contribution in [2.24, 2.45) is 0 Å². The topological polar surface area (TPSA) is 63.5 Å². The van der Waals surface area contributed by atoms with Crippen LogP contribution in [0.15, 0.2) is 18.2 Å². The van der Waals surface area contributed by atoms with E-state index < -0.39 is 0 Å². The summed E-state index contributed by atoms with van der Waals surface area (Å²) in [5, 5.41) is 11.4. The summed E-state index contributed by atoms with van der Waals surface area (Å²) < 4.78 is 0. The van der Waals surface area contributed by atoms with Gasteiger partial charge >= 0.3 is 0 Å². The highest BCUT2D eigenvalue weighted by Crippen LogP contribution is 2.36. The third kappa shape index (κ3) is 9.30. The van der Waals surface area contributed by atoms with Crippen molar-refractivity contribution in [3.63, 3.8) is 0 Å². The number of unbranched alkanes of at least 4 members (excludes halogenated alkanes) is 14. The molecule has 1 aromatic rings. The molecule has 2 rings (SSSR count). The van der Waals surface area contributed by atoms with Crippen molar-refractivity contribution in [1.29, 1.82) is 0 Å². The van der Waals surface area contributed by atoms with Gasteiger partial charge in [-0.25, -0.2) is 0 Å². The molecule has 1 amide bonds. The second kappa shape index (κ2) is 15.8. The first-order chi connectivity index (χ1) is 15.6. The largest absolute Gasteiger partial charge is 0.306 e.